The predicted molar refractivity (Wildman–Crippen MR) is 40.3 cm³/mol. The van der Waals surface area contributed by atoms with Gasteiger partial charge in [-0.2, -0.15) is 0 Å². The smallest absolute Gasteiger partial charge is 0.0431 e. The molecule has 56 valence electrons. The van der Waals surface area contributed by atoms with Gasteiger partial charge in [-0.25, -0.2) is 0 Å². The summed E-state index contributed by atoms with van der Waals surface area (Å²) in [5.74, 6) is 1.52. The van der Waals surface area contributed by atoms with Gasteiger partial charge in [-0.15, -0.1) is 0 Å². The van der Waals surface area contributed by atoms with Crippen LogP contribution >= 0.6 is 0 Å². The monoisotopic (exact) mass is 130 g/mol. The summed E-state index contributed by atoms with van der Waals surface area (Å²) < 4.78 is 0. The van der Waals surface area contributed by atoms with E-state index in [-0.39, 0.29) is 0 Å². The third-order valence-electron chi connectivity index (χ3n) is 1.96. The van der Waals surface area contributed by atoms with Gasteiger partial charge >= 0.3 is 0 Å². The normalized spacial score (nSPS) is 14.3. The van der Waals surface area contributed by atoms with E-state index in [9.17, 15) is 0 Å². The van der Waals surface area contributed by atoms with Gasteiger partial charge in [0.2, 0.25) is 0 Å². The zero-order chi connectivity index (χ0) is 7.28. The second-order valence-electron chi connectivity index (χ2n) is 3.09. The molecule has 1 heteroatoms. The molecule has 0 aromatic heterocycles. The lowest BCUT2D eigenvalue weighted by molar-refractivity contribution is 0.262. The molecule has 0 bridgehead atoms. The molecule has 0 fully saturated rings. The summed E-state index contributed by atoms with van der Waals surface area (Å²) in [4.78, 5) is 0. The Labute approximate surface area is 58.1 Å². The molecule has 0 amide bonds. The van der Waals surface area contributed by atoms with E-state index in [2.05, 4.69) is 20.8 Å². The van der Waals surface area contributed by atoms with Crippen LogP contribution in [0.4, 0.5) is 0 Å². The maximum Gasteiger partial charge on any atom is 0.0431 e. The highest BCUT2D eigenvalue weighted by Crippen LogP contribution is 2.14. The Morgan fingerprint density at radius 1 is 1.22 bits per heavy atom. The highest BCUT2D eigenvalue weighted by atomic mass is 16.2. The molecule has 0 spiro atoms. The average molecular weight is 130 g/mol. The molecule has 0 saturated carbocycles. The Balaban J connectivity index is 3.16. The minimum Gasteiger partial charge on any atom is -0.396 e. The molecule has 0 saturated heterocycles. The highest BCUT2D eigenvalue weighted by molar-refractivity contribution is 4.55. The van der Waals surface area contributed by atoms with Crippen LogP contribution in [0.5, 0.6) is 0 Å². The molecular weight excluding hydrogens is 112 g/mol. The van der Waals surface area contributed by atoms with E-state index in [1.807, 2.05) is 0 Å². The molecule has 1 nitrogen and oxygen atoms in total. The lowest BCUT2D eigenvalue weighted by Gasteiger charge is -2.13. The summed E-state index contributed by atoms with van der Waals surface area (Å²) in [7, 11) is 0. The number of aliphatic hydroxyl groups is 1. The largest absolute Gasteiger partial charge is 0.396 e. The maximum absolute atomic E-state index is 8.50. The van der Waals surface area contributed by atoms with Crippen molar-refractivity contribution in [3.63, 3.8) is 0 Å². The minimum atomic E-state index is 0.344. The summed E-state index contributed by atoms with van der Waals surface area (Å²) in [5, 5.41) is 8.50. The third-order valence-corrected chi connectivity index (χ3v) is 1.96. The molecule has 0 heterocycles. The van der Waals surface area contributed by atoms with E-state index in [1.54, 1.807) is 0 Å². The summed E-state index contributed by atoms with van der Waals surface area (Å²) >= 11 is 0. The van der Waals surface area contributed by atoms with Gasteiger partial charge in [-0.05, 0) is 24.7 Å². The third kappa shape index (κ3) is 4.46. The molecule has 0 aromatic carbocycles. The fourth-order valence-electron chi connectivity index (χ4n) is 0.747. The minimum absolute atomic E-state index is 0.344. The van der Waals surface area contributed by atoms with Gasteiger partial charge in [0.1, 0.15) is 0 Å². The molecular formula is C8H18O. The predicted octanol–water partition coefficient (Wildman–Crippen LogP) is 2.05. The van der Waals surface area contributed by atoms with E-state index < -0.39 is 0 Å². The van der Waals surface area contributed by atoms with Crippen molar-refractivity contribution in [3.8, 4) is 0 Å². The van der Waals surface area contributed by atoms with Crippen molar-refractivity contribution in [1.29, 1.82) is 0 Å². The average Bonchev–Trinajstić information content (AvgIpc) is 1.82. The number of hydrogen-bond donors (Lipinski definition) is 1. The van der Waals surface area contributed by atoms with Gasteiger partial charge in [0, 0.05) is 6.61 Å². The second-order valence-corrected chi connectivity index (χ2v) is 3.09. The van der Waals surface area contributed by atoms with Crippen LogP contribution in [-0.2, 0) is 0 Å². The van der Waals surface area contributed by atoms with Crippen molar-refractivity contribution in [3.05, 3.63) is 0 Å². The van der Waals surface area contributed by atoms with Crippen molar-refractivity contribution >= 4 is 0 Å². The van der Waals surface area contributed by atoms with Crippen LogP contribution in [0.2, 0.25) is 0 Å². The number of rotatable bonds is 4. The lowest BCUT2D eigenvalue weighted by Crippen LogP contribution is -2.04. The van der Waals surface area contributed by atoms with Crippen molar-refractivity contribution in [2.75, 3.05) is 6.61 Å². The molecule has 0 aliphatic rings. The number of aliphatic hydroxyl groups excluding tert-OH is 1. The van der Waals surface area contributed by atoms with Gasteiger partial charge < -0.3 is 5.11 Å². The van der Waals surface area contributed by atoms with Crippen LogP contribution in [0.3, 0.4) is 0 Å². The van der Waals surface area contributed by atoms with Crippen LogP contribution < -0.4 is 0 Å². The Morgan fingerprint density at radius 2 is 1.78 bits per heavy atom. The van der Waals surface area contributed by atoms with Crippen LogP contribution in [0, 0.1) is 11.8 Å². The van der Waals surface area contributed by atoms with Crippen LogP contribution in [0.25, 0.3) is 0 Å². The molecule has 0 aliphatic carbocycles. The molecule has 9 heavy (non-hydrogen) atoms. The first-order chi connectivity index (χ1) is 4.18. The summed E-state index contributed by atoms with van der Waals surface area (Å²) in [6.07, 6.45) is 2.12. The van der Waals surface area contributed by atoms with Crippen molar-refractivity contribution < 1.29 is 5.11 Å². The lowest BCUT2D eigenvalue weighted by atomic mass is 9.94. The number of hydrogen-bond acceptors (Lipinski definition) is 1. The zero-order valence-electron chi connectivity index (χ0n) is 6.72. The van der Waals surface area contributed by atoms with Crippen LogP contribution in [0.1, 0.15) is 33.6 Å². The van der Waals surface area contributed by atoms with Crippen LogP contribution in [0.15, 0.2) is 0 Å². The molecule has 1 unspecified atom stereocenters. The molecule has 0 radical (unpaired) electrons. The summed E-state index contributed by atoms with van der Waals surface area (Å²) in [6.45, 7) is 7.03. The first-order valence-electron chi connectivity index (χ1n) is 3.79. The molecule has 0 aromatic rings. The van der Waals surface area contributed by atoms with E-state index >= 15 is 0 Å². The summed E-state index contributed by atoms with van der Waals surface area (Å²) in [5.41, 5.74) is 0. The maximum atomic E-state index is 8.50. The van der Waals surface area contributed by atoms with Crippen LogP contribution in [-0.4, -0.2) is 11.7 Å². The second kappa shape index (κ2) is 4.80. The van der Waals surface area contributed by atoms with Gasteiger partial charge in [0.05, 0.1) is 0 Å². The Bertz CT molecular complexity index is 59.6. The van der Waals surface area contributed by atoms with Crippen molar-refractivity contribution in [1.82, 2.24) is 0 Å². The fraction of sp³-hybridized carbons (Fsp3) is 1.00. The Kier molecular flexibility index (Phi) is 4.78. The Hall–Kier alpha value is -0.0400. The van der Waals surface area contributed by atoms with E-state index in [1.165, 1.54) is 0 Å². The Morgan fingerprint density at radius 3 is 2.11 bits per heavy atom. The fourth-order valence-corrected chi connectivity index (χ4v) is 0.747. The zero-order valence-corrected chi connectivity index (χ0v) is 6.72. The van der Waals surface area contributed by atoms with E-state index in [0.717, 1.165) is 24.7 Å². The molecule has 1 N–H and O–H groups in total. The first kappa shape index (κ1) is 8.96. The quantitative estimate of drug-likeness (QED) is 0.617. The van der Waals surface area contributed by atoms with Crippen molar-refractivity contribution in [2.45, 2.75) is 33.6 Å². The van der Waals surface area contributed by atoms with Gasteiger partial charge in [-0.3, -0.25) is 0 Å². The van der Waals surface area contributed by atoms with Gasteiger partial charge in [0.15, 0.2) is 0 Å². The standard InChI is InChI=1S/C8H18O/c1-7(2)8(3)5-4-6-9/h7-9H,4-6H2,1-3H3. The SMILES string of the molecule is CC(C)C(C)CCCO. The van der Waals surface area contributed by atoms with Gasteiger partial charge in [-0.1, -0.05) is 20.8 Å². The summed E-state index contributed by atoms with van der Waals surface area (Å²) in [6, 6.07) is 0. The highest BCUT2D eigenvalue weighted by Gasteiger charge is 2.04. The molecule has 0 aliphatic heterocycles. The first-order valence-corrected chi connectivity index (χ1v) is 3.79. The van der Waals surface area contributed by atoms with E-state index in [0.29, 0.717) is 6.61 Å². The molecule has 0 rings (SSSR count). The van der Waals surface area contributed by atoms with Crippen molar-refractivity contribution in [2.24, 2.45) is 11.8 Å². The van der Waals surface area contributed by atoms with Gasteiger partial charge in [0.25, 0.3) is 0 Å². The molecule has 1 atom stereocenters. The van der Waals surface area contributed by atoms with E-state index in [4.69, 9.17) is 5.11 Å². The topological polar surface area (TPSA) is 20.2 Å².